The number of hydrogen-bond acceptors (Lipinski definition) is 5. The molecule has 2 aromatic rings. The van der Waals surface area contributed by atoms with E-state index in [1.54, 1.807) is 11.8 Å². The van der Waals surface area contributed by atoms with Crippen molar-refractivity contribution in [3.8, 4) is 11.5 Å². The Hall–Kier alpha value is -1.01. The second-order valence-electron chi connectivity index (χ2n) is 5.38. The monoisotopic (exact) mass is 340 g/mol. The van der Waals surface area contributed by atoms with Gasteiger partial charge in [-0.15, -0.1) is 0 Å². The Kier molecular flexibility index (Phi) is 6.32. The molecule has 6 heteroatoms. The van der Waals surface area contributed by atoms with E-state index < -0.39 is 6.23 Å². The van der Waals surface area contributed by atoms with E-state index in [0.29, 0.717) is 22.4 Å². The van der Waals surface area contributed by atoms with Crippen molar-refractivity contribution in [1.29, 1.82) is 0 Å². The molecule has 0 aliphatic carbocycles. The van der Waals surface area contributed by atoms with Gasteiger partial charge in [0.25, 0.3) is 0 Å². The maximum Gasteiger partial charge on any atom is 0.226 e. The van der Waals surface area contributed by atoms with E-state index in [4.69, 9.17) is 16.0 Å². The molecule has 120 valence electrons. The number of oxazole rings is 1. The minimum Gasteiger partial charge on any atom is -0.441 e. The highest BCUT2D eigenvalue weighted by molar-refractivity contribution is 7.98. The predicted octanol–water partition coefficient (Wildman–Crippen LogP) is 3.85. The SMILES string of the molecule is Cc1oc(-c2ccc(Cl)cc2)nc1CSCC(O)NC(C)C. The molecule has 0 aliphatic rings. The molecule has 0 aliphatic heterocycles. The molecule has 0 saturated heterocycles. The minimum absolute atomic E-state index is 0.265. The fourth-order valence-corrected chi connectivity index (χ4v) is 3.00. The lowest BCUT2D eigenvalue weighted by molar-refractivity contribution is 0.151. The molecule has 0 radical (unpaired) electrons. The van der Waals surface area contributed by atoms with Gasteiger partial charge in [0.05, 0.1) is 5.69 Å². The van der Waals surface area contributed by atoms with Gasteiger partial charge in [-0.2, -0.15) is 11.8 Å². The van der Waals surface area contributed by atoms with Gasteiger partial charge in [-0.1, -0.05) is 11.6 Å². The van der Waals surface area contributed by atoms with Crippen molar-refractivity contribution < 1.29 is 9.52 Å². The van der Waals surface area contributed by atoms with Crippen LogP contribution in [0.2, 0.25) is 5.02 Å². The molecule has 1 aromatic heterocycles. The van der Waals surface area contributed by atoms with Crippen LogP contribution in [0.5, 0.6) is 0 Å². The van der Waals surface area contributed by atoms with Crippen LogP contribution in [-0.4, -0.2) is 28.1 Å². The number of aliphatic hydroxyl groups excluding tert-OH is 1. The first-order valence-corrected chi connectivity index (χ1v) is 8.73. The van der Waals surface area contributed by atoms with Crippen LogP contribution in [0.1, 0.15) is 25.3 Å². The van der Waals surface area contributed by atoms with Crippen molar-refractivity contribution in [2.45, 2.75) is 38.8 Å². The topological polar surface area (TPSA) is 58.3 Å². The highest BCUT2D eigenvalue weighted by atomic mass is 35.5. The van der Waals surface area contributed by atoms with Crippen molar-refractivity contribution in [3.05, 3.63) is 40.7 Å². The van der Waals surface area contributed by atoms with Gasteiger partial charge >= 0.3 is 0 Å². The molecule has 1 atom stereocenters. The molecule has 1 aromatic carbocycles. The molecular weight excluding hydrogens is 320 g/mol. The van der Waals surface area contributed by atoms with Crippen LogP contribution >= 0.6 is 23.4 Å². The van der Waals surface area contributed by atoms with Crippen molar-refractivity contribution in [1.82, 2.24) is 10.3 Å². The molecule has 0 amide bonds. The quantitative estimate of drug-likeness (QED) is 0.750. The highest BCUT2D eigenvalue weighted by Gasteiger charge is 2.12. The minimum atomic E-state index is -0.507. The molecule has 0 saturated carbocycles. The fraction of sp³-hybridized carbons (Fsp3) is 0.438. The van der Waals surface area contributed by atoms with E-state index >= 15 is 0 Å². The predicted molar refractivity (Wildman–Crippen MR) is 92.1 cm³/mol. The number of thioether (sulfide) groups is 1. The summed E-state index contributed by atoms with van der Waals surface area (Å²) in [6, 6.07) is 7.68. The van der Waals surface area contributed by atoms with Crippen molar-refractivity contribution >= 4 is 23.4 Å². The zero-order chi connectivity index (χ0) is 16.1. The molecule has 0 spiro atoms. The van der Waals surface area contributed by atoms with Crippen molar-refractivity contribution in [2.24, 2.45) is 0 Å². The first kappa shape index (κ1) is 17.3. The van der Waals surface area contributed by atoms with E-state index in [9.17, 15) is 5.11 Å². The number of nitrogens with one attached hydrogen (secondary N) is 1. The molecular formula is C16H21ClN2O2S. The molecule has 4 nitrogen and oxygen atoms in total. The summed E-state index contributed by atoms with van der Waals surface area (Å²) in [5, 5.41) is 13.5. The number of aromatic nitrogens is 1. The number of hydrogen-bond donors (Lipinski definition) is 2. The zero-order valence-corrected chi connectivity index (χ0v) is 14.5. The average Bonchev–Trinajstić information content (AvgIpc) is 2.80. The van der Waals surface area contributed by atoms with E-state index in [-0.39, 0.29) is 6.04 Å². The van der Waals surface area contributed by atoms with Gasteiger partial charge < -0.3 is 9.52 Å². The van der Waals surface area contributed by atoms with Gasteiger partial charge in [0.15, 0.2) is 0 Å². The van der Waals surface area contributed by atoms with Gasteiger partial charge in [0, 0.05) is 28.1 Å². The number of benzene rings is 1. The molecule has 0 fully saturated rings. The lowest BCUT2D eigenvalue weighted by atomic mass is 10.2. The van der Waals surface area contributed by atoms with E-state index in [2.05, 4.69) is 10.3 Å². The number of nitrogens with zero attached hydrogens (tertiary/aromatic N) is 1. The van der Waals surface area contributed by atoms with Crippen molar-refractivity contribution in [3.63, 3.8) is 0 Å². The Morgan fingerprint density at radius 3 is 2.64 bits per heavy atom. The lowest BCUT2D eigenvalue weighted by Gasteiger charge is -2.14. The van der Waals surface area contributed by atoms with Crippen LogP contribution < -0.4 is 5.32 Å². The number of aryl methyl sites for hydroxylation is 1. The maximum absolute atomic E-state index is 9.79. The summed E-state index contributed by atoms with van der Waals surface area (Å²) < 4.78 is 5.72. The Labute approximate surface area is 140 Å². The van der Waals surface area contributed by atoms with E-state index in [1.165, 1.54) is 0 Å². The molecule has 22 heavy (non-hydrogen) atoms. The lowest BCUT2D eigenvalue weighted by Crippen LogP contribution is -2.36. The highest BCUT2D eigenvalue weighted by Crippen LogP contribution is 2.25. The van der Waals surface area contributed by atoms with Crippen LogP contribution in [0.4, 0.5) is 0 Å². The van der Waals surface area contributed by atoms with E-state index in [0.717, 1.165) is 17.0 Å². The second-order valence-corrected chi connectivity index (χ2v) is 6.85. The summed E-state index contributed by atoms with van der Waals surface area (Å²) in [6.07, 6.45) is -0.507. The Morgan fingerprint density at radius 1 is 1.32 bits per heavy atom. The summed E-state index contributed by atoms with van der Waals surface area (Å²) >= 11 is 7.51. The van der Waals surface area contributed by atoms with Crippen LogP contribution in [0.25, 0.3) is 11.5 Å². The summed E-state index contributed by atoms with van der Waals surface area (Å²) in [5.41, 5.74) is 1.82. The Morgan fingerprint density at radius 2 is 2.00 bits per heavy atom. The van der Waals surface area contributed by atoms with Crippen molar-refractivity contribution in [2.75, 3.05) is 5.75 Å². The Balaban J connectivity index is 1.94. The van der Waals surface area contributed by atoms with Crippen LogP contribution in [-0.2, 0) is 5.75 Å². The molecule has 1 heterocycles. The van der Waals surface area contributed by atoms with Crippen LogP contribution in [0.3, 0.4) is 0 Å². The number of aliphatic hydroxyl groups is 1. The fourth-order valence-electron chi connectivity index (χ4n) is 1.98. The Bertz CT molecular complexity index is 599. The molecule has 2 N–H and O–H groups in total. The molecule has 2 rings (SSSR count). The van der Waals surface area contributed by atoms with Gasteiger partial charge in [-0.25, -0.2) is 4.98 Å². The zero-order valence-electron chi connectivity index (χ0n) is 13.0. The summed E-state index contributed by atoms with van der Waals surface area (Å²) in [7, 11) is 0. The first-order valence-electron chi connectivity index (χ1n) is 7.20. The smallest absolute Gasteiger partial charge is 0.226 e. The largest absolute Gasteiger partial charge is 0.441 e. The standard InChI is InChI=1S/C16H21ClN2O2S/c1-10(2)18-15(20)9-22-8-14-11(3)21-16(19-14)12-4-6-13(17)7-5-12/h4-7,10,15,18,20H,8-9H2,1-3H3. The average molecular weight is 341 g/mol. The molecule has 0 bridgehead atoms. The third-order valence-corrected chi connectivity index (χ3v) is 4.31. The normalized spacial score (nSPS) is 12.8. The third-order valence-electron chi connectivity index (χ3n) is 3.02. The van der Waals surface area contributed by atoms with Gasteiger partial charge in [-0.3, -0.25) is 5.32 Å². The molecule has 1 unspecified atom stereocenters. The summed E-state index contributed by atoms with van der Waals surface area (Å²) in [6.45, 7) is 5.92. The first-order chi connectivity index (χ1) is 10.5. The third kappa shape index (κ3) is 5.02. The van der Waals surface area contributed by atoms with E-state index in [1.807, 2.05) is 45.0 Å². The summed E-state index contributed by atoms with van der Waals surface area (Å²) in [5.74, 6) is 2.73. The number of rotatable bonds is 7. The van der Waals surface area contributed by atoms with Crippen LogP contribution in [0.15, 0.2) is 28.7 Å². The van der Waals surface area contributed by atoms with Gasteiger partial charge in [0.1, 0.15) is 12.0 Å². The number of halogens is 1. The van der Waals surface area contributed by atoms with Gasteiger partial charge in [-0.05, 0) is 45.0 Å². The maximum atomic E-state index is 9.79. The van der Waals surface area contributed by atoms with Gasteiger partial charge in [0.2, 0.25) is 5.89 Å². The van der Waals surface area contributed by atoms with Crippen LogP contribution in [0, 0.1) is 6.92 Å². The second kappa shape index (κ2) is 8.02. The summed E-state index contributed by atoms with van der Waals surface area (Å²) in [4.78, 5) is 4.53.